The molecule has 2 rings (SSSR count). The van der Waals surface area contributed by atoms with Crippen LogP contribution in [0.4, 0.5) is 0 Å². The molecule has 0 amide bonds. The second-order valence-electron chi connectivity index (χ2n) is 3.33. The van der Waals surface area contributed by atoms with Crippen LogP contribution in [-0.2, 0) is 9.05 Å². The summed E-state index contributed by atoms with van der Waals surface area (Å²) in [5.41, 5.74) is 1.73. The smallest absolute Gasteiger partial charge is 0.260 e. The summed E-state index contributed by atoms with van der Waals surface area (Å²) in [6.07, 6.45) is 1.55. The third-order valence-corrected chi connectivity index (χ3v) is 3.69. The zero-order valence-corrected chi connectivity index (χ0v) is 9.60. The first-order valence-electron chi connectivity index (χ1n) is 4.36. The highest BCUT2D eigenvalue weighted by atomic mass is 35.7. The maximum absolute atomic E-state index is 11.1. The lowest BCUT2D eigenvalue weighted by Gasteiger charge is -2.17. The van der Waals surface area contributed by atoms with E-state index in [4.69, 9.17) is 15.4 Å². The van der Waals surface area contributed by atoms with Gasteiger partial charge in [0.1, 0.15) is 12.4 Å². The zero-order valence-electron chi connectivity index (χ0n) is 8.03. The molecule has 0 N–H and O–H groups in total. The van der Waals surface area contributed by atoms with Crippen molar-refractivity contribution in [1.29, 1.82) is 0 Å². The maximum atomic E-state index is 11.1. The molecular weight excluding hydrogens is 236 g/mol. The maximum Gasteiger partial charge on any atom is 0.260 e. The molecule has 0 spiro atoms. The van der Waals surface area contributed by atoms with Gasteiger partial charge in [-0.3, -0.25) is 0 Å². The lowest BCUT2D eigenvalue weighted by atomic mass is 10.1. The standard InChI is InChI=1S/C10H9ClO3S/c1-7-3-2-4-8-5-9(15(11,12)13)6-14-10(7)8/h2-5H,6H2,1H3. The van der Waals surface area contributed by atoms with Gasteiger partial charge in [-0.1, -0.05) is 18.2 Å². The van der Waals surface area contributed by atoms with Crippen molar-refractivity contribution in [3.63, 3.8) is 0 Å². The van der Waals surface area contributed by atoms with Crippen LogP contribution >= 0.6 is 10.7 Å². The third kappa shape index (κ3) is 2.01. The van der Waals surface area contributed by atoms with Gasteiger partial charge in [-0.25, -0.2) is 8.42 Å². The predicted molar refractivity (Wildman–Crippen MR) is 59.4 cm³/mol. The van der Waals surface area contributed by atoms with Gasteiger partial charge in [0.05, 0.1) is 4.91 Å². The number of hydrogen-bond donors (Lipinski definition) is 0. The Hall–Kier alpha value is -1.000. The summed E-state index contributed by atoms with van der Waals surface area (Å²) in [4.78, 5) is 0.0993. The van der Waals surface area contributed by atoms with Gasteiger partial charge in [-0.2, -0.15) is 0 Å². The van der Waals surface area contributed by atoms with Gasteiger partial charge in [-0.05, 0) is 18.6 Å². The average molecular weight is 245 g/mol. The molecule has 0 atom stereocenters. The molecule has 1 aromatic carbocycles. The fourth-order valence-electron chi connectivity index (χ4n) is 1.49. The van der Waals surface area contributed by atoms with Crippen molar-refractivity contribution in [2.24, 2.45) is 0 Å². The van der Waals surface area contributed by atoms with Crippen LogP contribution in [0.5, 0.6) is 5.75 Å². The third-order valence-electron chi connectivity index (χ3n) is 2.23. The highest BCUT2D eigenvalue weighted by Gasteiger charge is 2.21. The molecule has 5 heteroatoms. The van der Waals surface area contributed by atoms with E-state index in [-0.39, 0.29) is 11.5 Å². The van der Waals surface area contributed by atoms with E-state index in [1.54, 1.807) is 12.1 Å². The molecule has 0 saturated carbocycles. The number of halogens is 1. The second-order valence-corrected chi connectivity index (χ2v) is 5.95. The van der Waals surface area contributed by atoms with Crippen LogP contribution in [0.1, 0.15) is 11.1 Å². The molecule has 80 valence electrons. The van der Waals surface area contributed by atoms with Crippen molar-refractivity contribution in [1.82, 2.24) is 0 Å². The van der Waals surface area contributed by atoms with Gasteiger partial charge < -0.3 is 4.74 Å². The Morgan fingerprint density at radius 2 is 2.13 bits per heavy atom. The first-order chi connectivity index (χ1) is 6.98. The van der Waals surface area contributed by atoms with Gasteiger partial charge in [0.15, 0.2) is 0 Å². The molecule has 0 radical (unpaired) electrons. The highest BCUT2D eigenvalue weighted by Crippen LogP contribution is 2.31. The van der Waals surface area contributed by atoms with Crippen LogP contribution < -0.4 is 4.74 Å². The van der Waals surface area contributed by atoms with Crippen molar-refractivity contribution < 1.29 is 13.2 Å². The monoisotopic (exact) mass is 244 g/mol. The first-order valence-corrected chi connectivity index (χ1v) is 6.67. The van der Waals surface area contributed by atoms with Gasteiger partial charge in [0.2, 0.25) is 0 Å². The lowest BCUT2D eigenvalue weighted by molar-refractivity contribution is 0.351. The zero-order chi connectivity index (χ0) is 11.1. The summed E-state index contributed by atoms with van der Waals surface area (Å²) in [6.45, 7) is 1.91. The largest absolute Gasteiger partial charge is 0.487 e. The number of para-hydroxylation sites is 1. The number of aryl methyl sites for hydroxylation is 1. The summed E-state index contributed by atoms with van der Waals surface area (Å²) in [5, 5.41) is 0. The van der Waals surface area contributed by atoms with E-state index in [0.717, 1.165) is 16.9 Å². The minimum absolute atomic E-state index is 0.00366. The summed E-state index contributed by atoms with van der Waals surface area (Å²) in [7, 11) is 1.57. The van der Waals surface area contributed by atoms with E-state index in [2.05, 4.69) is 0 Å². The van der Waals surface area contributed by atoms with Gasteiger partial charge in [0, 0.05) is 16.2 Å². The fourth-order valence-corrected chi connectivity index (χ4v) is 2.22. The molecule has 1 aliphatic heterocycles. The van der Waals surface area contributed by atoms with Crippen LogP contribution in [0.15, 0.2) is 23.1 Å². The second kappa shape index (κ2) is 3.54. The molecule has 0 bridgehead atoms. The summed E-state index contributed by atoms with van der Waals surface area (Å²) < 4.78 is 27.6. The number of benzene rings is 1. The molecule has 1 heterocycles. The Labute approximate surface area is 92.7 Å². The van der Waals surface area contributed by atoms with Gasteiger partial charge in [-0.15, -0.1) is 0 Å². The molecule has 0 aromatic heterocycles. The molecule has 1 aliphatic rings. The van der Waals surface area contributed by atoms with Crippen LogP contribution in [0, 0.1) is 6.92 Å². The minimum atomic E-state index is -3.67. The molecule has 0 unspecified atom stereocenters. The number of rotatable bonds is 1. The molecule has 0 aliphatic carbocycles. The summed E-state index contributed by atoms with van der Waals surface area (Å²) in [6, 6.07) is 5.55. The molecule has 0 fully saturated rings. The number of ether oxygens (including phenoxy) is 1. The summed E-state index contributed by atoms with van der Waals surface area (Å²) >= 11 is 0. The highest BCUT2D eigenvalue weighted by molar-refractivity contribution is 8.17. The van der Waals surface area contributed by atoms with E-state index in [1.165, 1.54) is 0 Å². The Morgan fingerprint density at radius 1 is 1.40 bits per heavy atom. The first kappa shape index (κ1) is 10.5. The topological polar surface area (TPSA) is 43.4 Å². The SMILES string of the molecule is Cc1cccc2c1OCC(S(=O)(=O)Cl)=C2. The predicted octanol–water partition coefficient (Wildman–Crippen LogP) is 2.30. The number of hydrogen-bond acceptors (Lipinski definition) is 3. The Bertz CT molecular complexity index is 532. The minimum Gasteiger partial charge on any atom is -0.487 e. The normalized spacial score (nSPS) is 15.2. The quantitative estimate of drug-likeness (QED) is 0.712. The molecule has 3 nitrogen and oxygen atoms in total. The summed E-state index contributed by atoms with van der Waals surface area (Å²) in [5.74, 6) is 0.724. The molecule has 0 saturated heterocycles. The van der Waals surface area contributed by atoms with E-state index in [9.17, 15) is 8.42 Å². The van der Waals surface area contributed by atoms with Gasteiger partial charge in [0.25, 0.3) is 9.05 Å². The van der Waals surface area contributed by atoms with Crippen molar-refractivity contribution in [3.05, 3.63) is 34.2 Å². The fraction of sp³-hybridized carbons (Fsp3) is 0.200. The van der Waals surface area contributed by atoms with Crippen LogP contribution in [0.3, 0.4) is 0 Å². The lowest BCUT2D eigenvalue weighted by Crippen LogP contribution is -2.12. The number of fused-ring (bicyclic) bond motifs is 1. The van der Waals surface area contributed by atoms with Crippen molar-refractivity contribution in [2.45, 2.75) is 6.92 Å². The van der Waals surface area contributed by atoms with Crippen molar-refractivity contribution in [3.8, 4) is 5.75 Å². The van der Waals surface area contributed by atoms with Crippen molar-refractivity contribution in [2.75, 3.05) is 6.61 Å². The van der Waals surface area contributed by atoms with E-state index in [0.29, 0.717) is 0 Å². The molecular formula is C10H9ClO3S. The van der Waals surface area contributed by atoms with Crippen LogP contribution in [0.2, 0.25) is 0 Å². The van der Waals surface area contributed by atoms with E-state index < -0.39 is 9.05 Å². The Morgan fingerprint density at radius 3 is 2.80 bits per heavy atom. The van der Waals surface area contributed by atoms with E-state index in [1.807, 2.05) is 19.1 Å². The van der Waals surface area contributed by atoms with Gasteiger partial charge >= 0.3 is 0 Å². The van der Waals surface area contributed by atoms with Crippen molar-refractivity contribution >= 4 is 25.8 Å². The Balaban J connectivity index is 2.56. The van der Waals surface area contributed by atoms with Crippen LogP contribution in [-0.4, -0.2) is 15.0 Å². The molecule has 1 aromatic rings. The van der Waals surface area contributed by atoms with E-state index >= 15 is 0 Å². The van der Waals surface area contributed by atoms with Crippen LogP contribution in [0.25, 0.3) is 6.08 Å². The Kier molecular flexibility index (Phi) is 2.48. The molecule has 15 heavy (non-hydrogen) atoms. The average Bonchev–Trinajstić information content (AvgIpc) is 2.16.